The third-order valence-corrected chi connectivity index (χ3v) is 3.82. The highest BCUT2D eigenvalue weighted by Gasteiger charge is 2.07. The largest absolute Gasteiger partial charge is 0.398 e. The second kappa shape index (κ2) is 5.42. The number of nitrogens with one attached hydrogen (secondary N) is 1. The molecule has 5 heteroatoms. The minimum atomic E-state index is -0.133. The maximum absolute atomic E-state index is 11.9. The van der Waals surface area contributed by atoms with E-state index in [2.05, 4.69) is 5.32 Å². The molecule has 1 aromatic heterocycles. The molecule has 0 radical (unpaired) electrons. The molecule has 0 spiro atoms. The molecular weight excluding hydrogens is 268 g/mol. The van der Waals surface area contributed by atoms with Gasteiger partial charge in [0.05, 0.1) is 10.9 Å². The van der Waals surface area contributed by atoms with Crippen LogP contribution in [0.25, 0.3) is 0 Å². The lowest BCUT2D eigenvalue weighted by atomic mass is 10.1. The predicted molar refractivity (Wildman–Crippen MR) is 76.1 cm³/mol. The first-order chi connectivity index (χ1) is 8.56. The molecule has 2 rings (SSSR count). The van der Waals surface area contributed by atoms with Crippen LogP contribution in [-0.2, 0) is 6.54 Å². The summed E-state index contributed by atoms with van der Waals surface area (Å²) in [7, 11) is 0. The molecule has 0 fully saturated rings. The summed E-state index contributed by atoms with van der Waals surface area (Å²) in [6.45, 7) is 2.38. The summed E-state index contributed by atoms with van der Waals surface area (Å²) in [5.74, 6) is -0.133. The second-order valence-electron chi connectivity index (χ2n) is 3.96. The van der Waals surface area contributed by atoms with E-state index in [-0.39, 0.29) is 5.91 Å². The first kappa shape index (κ1) is 12.9. The summed E-state index contributed by atoms with van der Waals surface area (Å²) in [6.07, 6.45) is 0. The van der Waals surface area contributed by atoms with E-state index in [1.165, 1.54) is 11.3 Å². The molecular formula is C13H13ClN2OS. The Balaban J connectivity index is 2.01. The van der Waals surface area contributed by atoms with Crippen LogP contribution >= 0.6 is 22.9 Å². The summed E-state index contributed by atoms with van der Waals surface area (Å²) in [6, 6.07) is 9.01. The van der Waals surface area contributed by atoms with Crippen LogP contribution in [0, 0.1) is 6.92 Å². The molecule has 1 amide bonds. The molecule has 0 unspecified atom stereocenters. The molecule has 0 bridgehead atoms. The number of carbonyl (C=O) groups excluding carboxylic acids is 1. The van der Waals surface area contributed by atoms with Crippen molar-refractivity contribution in [3.05, 3.63) is 50.7 Å². The fourth-order valence-corrected chi connectivity index (χ4v) is 2.53. The van der Waals surface area contributed by atoms with Crippen LogP contribution in [0.3, 0.4) is 0 Å². The Bertz CT molecular complexity index is 580. The highest BCUT2D eigenvalue weighted by molar-refractivity contribution is 7.16. The van der Waals surface area contributed by atoms with Crippen molar-refractivity contribution in [3.63, 3.8) is 0 Å². The SMILES string of the molecule is Cc1ccc(C(=O)NCc2ccc(Cl)s2)cc1N. The van der Waals surface area contributed by atoms with Crippen LogP contribution in [0.2, 0.25) is 4.34 Å². The number of hydrogen-bond acceptors (Lipinski definition) is 3. The van der Waals surface area contributed by atoms with Crippen LogP contribution in [0.15, 0.2) is 30.3 Å². The van der Waals surface area contributed by atoms with Crippen LogP contribution in [0.5, 0.6) is 0 Å². The quantitative estimate of drug-likeness (QED) is 0.848. The summed E-state index contributed by atoms with van der Waals surface area (Å²) in [5, 5.41) is 2.83. The van der Waals surface area contributed by atoms with Crippen LogP contribution in [-0.4, -0.2) is 5.91 Å². The molecule has 94 valence electrons. The molecule has 3 N–H and O–H groups in total. The summed E-state index contributed by atoms with van der Waals surface area (Å²) in [4.78, 5) is 12.9. The number of benzene rings is 1. The predicted octanol–water partition coefficient (Wildman–Crippen LogP) is 3.22. The number of thiophene rings is 1. The molecule has 3 nitrogen and oxygen atoms in total. The molecule has 0 atom stereocenters. The van der Waals surface area contributed by atoms with Gasteiger partial charge in [-0.25, -0.2) is 0 Å². The van der Waals surface area contributed by atoms with Gasteiger partial charge in [-0.1, -0.05) is 17.7 Å². The van der Waals surface area contributed by atoms with E-state index in [0.717, 1.165) is 14.8 Å². The van der Waals surface area contributed by atoms with Crippen LogP contribution in [0.1, 0.15) is 20.8 Å². The minimum absolute atomic E-state index is 0.133. The maximum atomic E-state index is 11.9. The van der Waals surface area contributed by atoms with Crippen LogP contribution < -0.4 is 11.1 Å². The highest BCUT2D eigenvalue weighted by Crippen LogP contribution is 2.21. The van der Waals surface area contributed by atoms with Crippen molar-refractivity contribution in [1.82, 2.24) is 5.32 Å². The third kappa shape index (κ3) is 3.03. The van der Waals surface area contributed by atoms with E-state index < -0.39 is 0 Å². The van der Waals surface area contributed by atoms with Crippen LogP contribution in [0.4, 0.5) is 5.69 Å². The number of anilines is 1. The van der Waals surface area contributed by atoms with E-state index in [1.807, 2.05) is 25.1 Å². The second-order valence-corrected chi connectivity index (χ2v) is 5.76. The Morgan fingerprint density at radius 3 is 2.78 bits per heavy atom. The summed E-state index contributed by atoms with van der Waals surface area (Å²) in [5.41, 5.74) is 7.94. The number of hydrogen-bond donors (Lipinski definition) is 2. The zero-order valence-corrected chi connectivity index (χ0v) is 11.4. The molecule has 1 aromatic carbocycles. The van der Waals surface area contributed by atoms with E-state index in [9.17, 15) is 4.79 Å². The van der Waals surface area contributed by atoms with Crippen molar-refractivity contribution >= 4 is 34.5 Å². The van der Waals surface area contributed by atoms with Gasteiger partial charge in [-0.05, 0) is 36.8 Å². The molecule has 0 aliphatic rings. The van der Waals surface area contributed by atoms with Gasteiger partial charge >= 0.3 is 0 Å². The Labute approximate surface area is 115 Å². The number of halogens is 1. The van der Waals surface area contributed by atoms with Gasteiger partial charge in [0.15, 0.2) is 0 Å². The standard InChI is InChI=1S/C13H13ClN2OS/c1-8-2-3-9(6-11(8)15)13(17)16-7-10-4-5-12(14)18-10/h2-6H,7,15H2,1H3,(H,16,17). The van der Waals surface area contributed by atoms with Crippen molar-refractivity contribution in [2.24, 2.45) is 0 Å². The fourth-order valence-electron chi connectivity index (χ4n) is 1.50. The van der Waals surface area contributed by atoms with E-state index in [4.69, 9.17) is 17.3 Å². The lowest BCUT2D eigenvalue weighted by Crippen LogP contribution is -2.22. The Morgan fingerprint density at radius 2 is 2.17 bits per heavy atom. The van der Waals surface area contributed by atoms with Crippen molar-refractivity contribution in [2.45, 2.75) is 13.5 Å². The molecule has 18 heavy (non-hydrogen) atoms. The number of nitrogens with two attached hydrogens (primary N) is 1. The normalized spacial score (nSPS) is 10.3. The van der Waals surface area contributed by atoms with Crippen molar-refractivity contribution in [3.8, 4) is 0 Å². The maximum Gasteiger partial charge on any atom is 0.251 e. The van der Waals surface area contributed by atoms with Crippen molar-refractivity contribution in [1.29, 1.82) is 0 Å². The molecule has 0 aliphatic heterocycles. The number of amides is 1. The van der Waals surface area contributed by atoms with Gasteiger partial charge in [0.2, 0.25) is 0 Å². The average molecular weight is 281 g/mol. The van der Waals surface area contributed by atoms with Crippen molar-refractivity contribution < 1.29 is 4.79 Å². The topological polar surface area (TPSA) is 55.1 Å². The van der Waals surface area contributed by atoms with Gasteiger partial charge in [0.25, 0.3) is 5.91 Å². The third-order valence-electron chi connectivity index (χ3n) is 2.59. The van der Waals surface area contributed by atoms with Gasteiger partial charge in [-0.3, -0.25) is 4.79 Å². The number of aryl methyl sites for hydroxylation is 1. The highest BCUT2D eigenvalue weighted by atomic mass is 35.5. The zero-order valence-electron chi connectivity index (χ0n) is 9.87. The van der Waals surface area contributed by atoms with Gasteiger partial charge in [0, 0.05) is 16.1 Å². The Kier molecular flexibility index (Phi) is 3.89. The average Bonchev–Trinajstić information content (AvgIpc) is 2.75. The van der Waals surface area contributed by atoms with E-state index >= 15 is 0 Å². The summed E-state index contributed by atoms with van der Waals surface area (Å²) >= 11 is 7.28. The lowest BCUT2D eigenvalue weighted by Gasteiger charge is -2.06. The number of carbonyl (C=O) groups is 1. The van der Waals surface area contributed by atoms with E-state index in [1.54, 1.807) is 12.1 Å². The number of rotatable bonds is 3. The van der Waals surface area contributed by atoms with Gasteiger partial charge in [-0.2, -0.15) is 0 Å². The van der Waals surface area contributed by atoms with Gasteiger partial charge in [-0.15, -0.1) is 11.3 Å². The van der Waals surface area contributed by atoms with E-state index in [0.29, 0.717) is 17.8 Å². The molecule has 0 saturated heterocycles. The summed E-state index contributed by atoms with van der Waals surface area (Å²) < 4.78 is 0.721. The van der Waals surface area contributed by atoms with Gasteiger partial charge < -0.3 is 11.1 Å². The first-order valence-corrected chi connectivity index (χ1v) is 6.64. The molecule has 0 saturated carbocycles. The smallest absolute Gasteiger partial charge is 0.251 e. The van der Waals surface area contributed by atoms with Crippen molar-refractivity contribution in [2.75, 3.05) is 5.73 Å². The number of nitrogen functional groups attached to an aromatic ring is 1. The Hall–Kier alpha value is -1.52. The molecule has 0 aliphatic carbocycles. The molecule has 2 aromatic rings. The monoisotopic (exact) mass is 280 g/mol. The lowest BCUT2D eigenvalue weighted by molar-refractivity contribution is 0.0951. The van der Waals surface area contributed by atoms with Gasteiger partial charge in [0.1, 0.15) is 0 Å². The minimum Gasteiger partial charge on any atom is -0.398 e. The first-order valence-electron chi connectivity index (χ1n) is 5.45. The Morgan fingerprint density at radius 1 is 1.39 bits per heavy atom. The fraction of sp³-hybridized carbons (Fsp3) is 0.154. The molecule has 1 heterocycles. The zero-order chi connectivity index (χ0) is 13.1.